The lowest BCUT2D eigenvalue weighted by Crippen LogP contribution is -2.18. The minimum Gasteiger partial charge on any atom is -0.489 e. The number of aromatic nitrogens is 3. The Balaban J connectivity index is 1.64. The lowest BCUT2D eigenvalue weighted by atomic mass is 10.0. The van der Waals surface area contributed by atoms with E-state index in [0.717, 1.165) is 35.5 Å². The molecule has 0 fully saturated rings. The van der Waals surface area contributed by atoms with Gasteiger partial charge in [0.15, 0.2) is 5.82 Å². The number of aryl methyl sites for hydroxylation is 2. The monoisotopic (exact) mass is 418 g/mol. The zero-order chi connectivity index (χ0) is 20.9. The molecule has 0 saturated heterocycles. The van der Waals surface area contributed by atoms with Crippen LogP contribution in [0.5, 0.6) is 5.75 Å². The SMILES string of the molecule is CCCc1n[nH]c(=S)n1NCc1c(OCc2cccc(C)c2)ccc2ccccc12. The van der Waals surface area contributed by atoms with Crippen LogP contribution in [0, 0.1) is 11.7 Å². The van der Waals surface area contributed by atoms with Gasteiger partial charge in [0.05, 0.1) is 6.54 Å². The van der Waals surface area contributed by atoms with E-state index in [1.54, 1.807) is 0 Å². The summed E-state index contributed by atoms with van der Waals surface area (Å²) in [7, 11) is 0. The normalized spacial score (nSPS) is 11.0. The van der Waals surface area contributed by atoms with Crippen LogP contribution in [-0.2, 0) is 19.6 Å². The second kappa shape index (κ2) is 9.13. The number of hydrogen-bond acceptors (Lipinski definition) is 4. The smallest absolute Gasteiger partial charge is 0.214 e. The van der Waals surface area contributed by atoms with Crippen molar-refractivity contribution < 1.29 is 4.74 Å². The van der Waals surface area contributed by atoms with Gasteiger partial charge in [-0.15, -0.1) is 0 Å². The predicted molar refractivity (Wildman–Crippen MR) is 124 cm³/mol. The van der Waals surface area contributed by atoms with Crippen LogP contribution in [0.1, 0.15) is 35.9 Å². The summed E-state index contributed by atoms with van der Waals surface area (Å²) in [5.74, 6) is 1.78. The van der Waals surface area contributed by atoms with E-state index >= 15 is 0 Å². The van der Waals surface area contributed by atoms with Gasteiger partial charge in [-0.3, -0.25) is 5.10 Å². The van der Waals surface area contributed by atoms with Gasteiger partial charge in [0.25, 0.3) is 0 Å². The minimum absolute atomic E-state index is 0.527. The highest BCUT2D eigenvalue weighted by Crippen LogP contribution is 2.29. The van der Waals surface area contributed by atoms with Gasteiger partial charge in [0.1, 0.15) is 12.4 Å². The summed E-state index contributed by atoms with van der Waals surface area (Å²) >= 11 is 5.41. The van der Waals surface area contributed by atoms with Gasteiger partial charge in [-0.1, -0.05) is 67.1 Å². The maximum absolute atomic E-state index is 6.27. The van der Waals surface area contributed by atoms with E-state index in [1.165, 1.54) is 16.3 Å². The molecule has 0 aliphatic rings. The van der Waals surface area contributed by atoms with Gasteiger partial charge in [0.2, 0.25) is 4.77 Å². The Morgan fingerprint density at radius 1 is 1.10 bits per heavy atom. The van der Waals surface area contributed by atoms with E-state index in [4.69, 9.17) is 17.0 Å². The molecule has 0 saturated carbocycles. The van der Waals surface area contributed by atoms with Crippen molar-refractivity contribution in [2.24, 2.45) is 0 Å². The fourth-order valence-corrected chi connectivity index (χ4v) is 3.85. The molecule has 0 amide bonds. The number of nitrogens with zero attached hydrogens (tertiary/aromatic N) is 2. The third-order valence-corrected chi connectivity index (χ3v) is 5.38. The van der Waals surface area contributed by atoms with Crippen molar-refractivity contribution in [3.05, 3.63) is 87.9 Å². The van der Waals surface area contributed by atoms with Crippen LogP contribution in [0.4, 0.5) is 0 Å². The van der Waals surface area contributed by atoms with E-state index in [9.17, 15) is 0 Å². The molecule has 3 aromatic carbocycles. The van der Waals surface area contributed by atoms with Gasteiger partial charge in [-0.2, -0.15) is 5.10 Å². The lowest BCUT2D eigenvalue weighted by Gasteiger charge is -2.17. The highest BCUT2D eigenvalue weighted by Gasteiger charge is 2.11. The molecule has 30 heavy (non-hydrogen) atoms. The van der Waals surface area contributed by atoms with Crippen molar-refractivity contribution in [2.45, 2.75) is 39.8 Å². The molecule has 4 aromatic rings. The number of fused-ring (bicyclic) bond motifs is 1. The van der Waals surface area contributed by atoms with Crippen LogP contribution in [0.3, 0.4) is 0 Å². The Kier molecular flexibility index (Phi) is 6.14. The number of nitrogens with one attached hydrogen (secondary N) is 2. The second-order valence-corrected chi connectivity index (χ2v) is 7.79. The molecule has 2 N–H and O–H groups in total. The molecular weight excluding hydrogens is 392 g/mol. The van der Waals surface area contributed by atoms with Crippen molar-refractivity contribution in [2.75, 3.05) is 5.43 Å². The molecule has 0 atom stereocenters. The first-order valence-corrected chi connectivity index (χ1v) is 10.7. The Morgan fingerprint density at radius 3 is 2.80 bits per heavy atom. The Bertz CT molecular complexity index is 1210. The first kappa shape index (κ1) is 20.2. The van der Waals surface area contributed by atoms with Crippen LogP contribution < -0.4 is 10.2 Å². The third kappa shape index (κ3) is 4.39. The summed E-state index contributed by atoms with van der Waals surface area (Å²) in [4.78, 5) is 0. The molecule has 1 heterocycles. The number of benzene rings is 3. The molecule has 154 valence electrons. The molecule has 0 radical (unpaired) electrons. The molecule has 0 bridgehead atoms. The number of H-pyrrole nitrogens is 1. The zero-order valence-corrected chi connectivity index (χ0v) is 18.1. The number of hydrogen-bond donors (Lipinski definition) is 2. The van der Waals surface area contributed by atoms with Gasteiger partial charge < -0.3 is 10.2 Å². The van der Waals surface area contributed by atoms with Crippen LogP contribution in [0.25, 0.3) is 10.8 Å². The molecule has 5 nitrogen and oxygen atoms in total. The molecule has 0 aliphatic carbocycles. The standard InChI is InChI=1S/C24H26N4OS/c1-3-7-23-26-27-24(30)28(23)25-15-21-20-11-5-4-10-19(20)12-13-22(21)29-16-18-9-6-8-17(2)14-18/h4-6,8-14,25H,3,7,15-16H2,1-2H3,(H,27,30). The molecule has 0 aliphatic heterocycles. The highest BCUT2D eigenvalue weighted by molar-refractivity contribution is 7.71. The van der Waals surface area contributed by atoms with E-state index in [-0.39, 0.29) is 0 Å². The summed E-state index contributed by atoms with van der Waals surface area (Å²) in [6, 6.07) is 20.9. The maximum Gasteiger partial charge on any atom is 0.214 e. The molecule has 0 spiro atoms. The minimum atomic E-state index is 0.527. The van der Waals surface area contributed by atoms with Crippen molar-refractivity contribution in [1.29, 1.82) is 0 Å². The van der Waals surface area contributed by atoms with Crippen molar-refractivity contribution >= 4 is 23.0 Å². The van der Waals surface area contributed by atoms with E-state index in [2.05, 4.69) is 90.1 Å². The van der Waals surface area contributed by atoms with Crippen LogP contribution in [0.15, 0.2) is 60.7 Å². The third-order valence-electron chi connectivity index (χ3n) is 5.10. The van der Waals surface area contributed by atoms with E-state index < -0.39 is 0 Å². The summed E-state index contributed by atoms with van der Waals surface area (Å²) in [5.41, 5.74) is 6.93. The number of aromatic amines is 1. The van der Waals surface area contributed by atoms with Crippen molar-refractivity contribution in [3.8, 4) is 5.75 Å². The average molecular weight is 419 g/mol. The largest absolute Gasteiger partial charge is 0.489 e. The molecule has 0 unspecified atom stereocenters. The fourth-order valence-electron chi connectivity index (χ4n) is 3.64. The van der Waals surface area contributed by atoms with Gasteiger partial charge in [-0.05, 0) is 48.0 Å². The lowest BCUT2D eigenvalue weighted by molar-refractivity contribution is 0.303. The van der Waals surface area contributed by atoms with Crippen LogP contribution in [-0.4, -0.2) is 14.9 Å². The summed E-state index contributed by atoms with van der Waals surface area (Å²) in [5, 5.41) is 9.57. The zero-order valence-electron chi connectivity index (χ0n) is 17.3. The van der Waals surface area contributed by atoms with Crippen LogP contribution >= 0.6 is 12.2 Å². The Morgan fingerprint density at radius 2 is 1.97 bits per heavy atom. The number of rotatable bonds is 8. The quantitative estimate of drug-likeness (QED) is 0.362. The van der Waals surface area contributed by atoms with Gasteiger partial charge in [0, 0.05) is 12.0 Å². The predicted octanol–water partition coefficient (Wildman–Crippen LogP) is 5.68. The molecule has 1 aromatic heterocycles. The summed E-state index contributed by atoms with van der Waals surface area (Å²) in [6.45, 7) is 5.33. The number of ether oxygens (including phenoxy) is 1. The van der Waals surface area contributed by atoms with Crippen molar-refractivity contribution in [1.82, 2.24) is 14.9 Å². The highest BCUT2D eigenvalue weighted by atomic mass is 32.1. The molecule has 6 heteroatoms. The second-order valence-electron chi connectivity index (χ2n) is 7.41. The van der Waals surface area contributed by atoms with Gasteiger partial charge >= 0.3 is 0 Å². The molecular formula is C24H26N4OS. The average Bonchev–Trinajstić information content (AvgIpc) is 3.10. The fraction of sp³-hybridized carbons (Fsp3) is 0.250. The van der Waals surface area contributed by atoms with E-state index in [1.807, 2.05) is 4.68 Å². The first-order valence-electron chi connectivity index (χ1n) is 10.2. The summed E-state index contributed by atoms with van der Waals surface area (Å²) in [6.07, 6.45) is 1.85. The maximum atomic E-state index is 6.27. The Labute approximate surface area is 181 Å². The first-order chi connectivity index (χ1) is 14.7. The summed E-state index contributed by atoms with van der Waals surface area (Å²) < 4.78 is 8.70. The van der Waals surface area contributed by atoms with Crippen molar-refractivity contribution in [3.63, 3.8) is 0 Å². The Hall–Kier alpha value is -3.12. The van der Waals surface area contributed by atoms with E-state index in [0.29, 0.717) is 17.9 Å². The topological polar surface area (TPSA) is 54.9 Å². The van der Waals surface area contributed by atoms with Crippen LogP contribution in [0.2, 0.25) is 0 Å². The molecule has 4 rings (SSSR count). The van der Waals surface area contributed by atoms with Gasteiger partial charge in [-0.25, -0.2) is 4.68 Å².